The quantitative estimate of drug-likeness (QED) is 0.134. The van der Waals surface area contributed by atoms with Crippen LogP contribution in [0.5, 0.6) is 0 Å². The van der Waals surface area contributed by atoms with E-state index in [1.54, 1.807) is 0 Å². The molecule has 0 heteroatoms. The van der Waals surface area contributed by atoms with E-state index in [4.69, 9.17) is 0 Å². The lowest BCUT2D eigenvalue weighted by atomic mass is 9.83. The first kappa shape index (κ1) is 28.5. The van der Waals surface area contributed by atoms with Crippen molar-refractivity contribution in [2.45, 2.75) is 0 Å². The van der Waals surface area contributed by atoms with Crippen molar-refractivity contribution in [3.8, 4) is 44.5 Å². The summed E-state index contributed by atoms with van der Waals surface area (Å²) >= 11 is 0. The minimum atomic E-state index is 1.22. The number of benzene rings is 10. The third-order valence-corrected chi connectivity index (χ3v) is 10.4. The highest BCUT2D eigenvalue weighted by Crippen LogP contribution is 2.47. The second-order valence-electron chi connectivity index (χ2n) is 13.2. The van der Waals surface area contributed by atoms with Crippen LogP contribution in [0.15, 0.2) is 194 Å². The molecule has 50 heavy (non-hydrogen) atoms. The molecule has 10 aromatic rings. The van der Waals surface area contributed by atoms with Crippen LogP contribution in [0.1, 0.15) is 0 Å². The van der Waals surface area contributed by atoms with E-state index in [-0.39, 0.29) is 0 Å². The molecule has 0 nitrogen and oxygen atoms in total. The van der Waals surface area contributed by atoms with Crippen LogP contribution >= 0.6 is 0 Å². The number of hydrogen-bond acceptors (Lipinski definition) is 0. The highest BCUT2D eigenvalue weighted by atomic mass is 14.2. The number of hydrogen-bond donors (Lipinski definition) is 0. The van der Waals surface area contributed by atoms with Gasteiger partial charge in [-0.05, 0) is 111 Å². The first-order chi connectivity index (χ1) is 24.8. The van der Waals surface area contributed by atoms with Gasteiger partial charge in [-0.25, -0.2) is 0 Å². The maximum Gasteiger partial charge on any atom is -0.00261 e. The minimum Gasteiger partial charge on any atom is -0.0622 e. The smallest absolute Gasteiger partial charge is 0.00261 e. The zero-order valence-electron chi connectivity index (χ0n) is 27.5. The molecular formula is C50H32. The Morgan fingerprint density at radius 1 is 0.200 bits per heavy atom. The van der Waals surface area contributed by atoms with E-state index in [0.717, 1.165) is 0 Å². The molecule has 10 rings (SSSR count). The van der Waals surface area contributed by atoms with Gasteiger partial charge in [-0.3, -0.25) is 0 Å². The lowest BCUT2D eigenvalue weighted by Crippen LogP contribution is -1.93. The highest BCUT2D eigenvalue weighted by molar-refractivity contribution is 6.22. The standard InChI is InChI=1S/C50H32/c1-2-16-34(17-3-1)49-43-24-10-12-26-45(43)50(46-27-13-11-25-44(46)49)36-29-30-42(40-28-14-19-33-15-4-6-20-37(33)40)48(32-36)47-31-35-18-5-7-21-38(35)39-22-8-9-23-41(39)47/h1-32H. The largest absolute Gasteiger partial charge is 0.0622 e. The van der Waals surface area contributed by atoms with Gasteiger partial charge in [0.05, 0.1) is 0 Å². The van der Waals surface area contributed by atoms with Crippen molar-refractivity contribution < 1.29 is 0 Å². The van der Waals surface area contributed by atoms with Crippen LogP contribution in [0, 0.1) is 0 Å². The fourth-order valence-corrected chi connectivity index (χ4v) is 8.25. The molecule has 0 aromatic heterocycles. The Bertz CT molecular complexity index is 2850. The summed E-state index contributed by atoms with van der Waals surface area (Å²) in [6.07, 6.45) is 0. The molecule has 0 saturated heterocycles. The van der Waals surface area contributed by atoms with E-state index in [1.165, 1.54) is 98.4 Å². The monoisotopic (exact) mass is 632 g/mol. The van der Waals surface area contributed by atoms with E-state index in [9.17, 15) is 0 Å². The summed E-state index contributed by atoms with van der Waals surface area (Å²) in [5.74, 6) is 0. The molecule has 232 valence electrons. The summed E-state index contributed by atoms with van der Waals surface area (Å²) in [7, 11) is 0. The van der Waals surface area contributed by atoms with Gasteiger partial charge in [0.2, 0.25) is 0 Å². The minimum absolute atomic E-state index is 1.22. The van der Waals surface area contributed by atoms with Crippen molar-refractivity contribution in [1.29, 1.82) is 0 Å². The van der Waals surface area contributed by atoms with Crippen LogP contribution in [0.25, 0.3) is 98.4 Å². The molecule has 0 aliphatic rings. The zero-order valence-corrected chi connectivity index (χ0v) is 27.5. The summed E-state index contributed by atoms with van der Waals surface area (Å²) in [6.45, 7) is 0. The van der Waals surface area contributed by atoms with Crippen LogP contribution in [-0.2, 0) is 0 Å². The molecule has 0 bridgehead atoms. The summed E-state index contributed by atoms with van der Waals surface area (Å²) in [5, 5.41) is 12.6. The van der Waals surface area contributed by atoms with Gasteiger partial charge >= 0.3 is 0 Å². The maximum atomic E-state index is 2.46. The molecule has 0 N–H and O–H groups in total. The van der Waals surface area contributed by atoms with Crippen molar-refractivity contribution in [2.24, 2.45) is 0 Å². The second kappa shape index (κ2) is 11.6. The summed E-state index contributed by atoms with van der Waals surface area (Å²) in [4.78, 5) is 0. The van der Waals surface area contributed by atoms with Crippen LogP contribution in [0.3, 0.4) is 0 Å². The van der Waals surface area contributed by atoms with E-state index in [2.05, 4.69) is 194 Å². The van der Waals surface area contributed by atoms with E-state index >= 15 is 0 Å². The van der Waals surface area contributed by atoms with E-state index in [0.29, 0.717) is 0 Å². The van der Waals surface area contributed by atoms with Gasteiger partial charge < -0.3 is 0 Å². The molecule has 0 unspecified atom stereocenters. The number of rotatable bonds is 4. The summed E-state index contributed by atoms with van der Waals surface area (Å²) in [5.41, 5.74) is 9.98. The van der Waals surface area contributed by atoms with Gasteiger partial charge in [0.25, 0.3) is 0 Å². The topological polar surface area (TPSA) is 0 Å². The van der Waals surface area contributed by atoms with Crippen molar-refractivity contribution >= 4 is 53.9 Å². The van der Waals surface area contributed by atoms with E-state index < -0.39 is 0 Å². The Hall–Kier alpha value is -6.50. The molecular weight excluding hydrogens is 601 g/mol. The lowest BCUT2D eigenvalue weighted by molar-refractivity contribution is 1.61. The molecule has 0 radical (unpaired) electrons. The maximum absolute atomic E-state index is 2.46. The molecule has 0 fully saturated rings. The van der Waals surface area contributed by atoms with Crippen molar-refractivity contribution in [3.05, 3.63) is 194 Å². The van der Waals surface area contributed by atoms with Crippen molar-refractivity contribution in [3.63, 3.8) is 0 Å². The zero-order chi connectivity index (χ0) is 33.0. The SMILES string of the molecule is c1ccc(-c2c3ccccc3c(-c3ccc(-c4cccc5ccccc45)c(-c4cc5ccccc5c5ccccc45)c3)c3ccccc23)cc1. The Kier molecular flexibility index (Phi) is 6.60. The normalized spacial score (nSPS) is 11.6. The third kappa shape index (κ3) is 4.46. The fourth-order valence-electron chi connectivity index (χ4n) is 8.25. The molecule has 0 aliphatic heterocycles. The van der Waals surface area contributed by atoms with Crippen LogP contribution in [0.4, 0.5) is 0 Å². The first-order valence-corrected chi connectivity index (χ1v) is 17.4. The predicted octanol–water partition coefficient (Wildman–Crippen LogP) is 14.1. The van der Waals surface area contributed by atoms with Crippen molar-refractivity contribution in [1.82, 2.24) is 0 Å². The fraction of sp³-hybridized carbons (Fsp3) is 0. The Balaban J connectivity index is 1.34. The molecule has 0 atom stereocenters. The summed E-state index contributed by atoms with van der Waals surface area (Å²) < 4.78 is 0. The van der Waals surface area contributed by atoms with Crippen LogP contribution in [-0.4, -0.2) is 0 Å². The summed E-state index contributed by atoms with van der Waals surface area (Å²) in [6, 6.07) is 71.4. The lowest BCUT2D eigenvalue weighted by Gasteiger charge is -2.20. The Labute approximate surface area is 291 Å². The average Bonchev–Trinajstić information content (AvgIpc) is 3.19. The van der Waals surface area contributed by atoms with Gasteiger partial charge in [0.1, 0.15) is 0 Å². The molecule has 0 heterocycles. The second-order valence-corrected chi connectivity index (χ2v) is 13.2. The molecule has 0 spiro atoms. The van der Waals surface area contributed by atoms with Crippen LogP contribution in [0.2, 0.25) is 0 Å². The first-order valence-electron chi connectivity index (χ1n) is 17.4. The third-order valence-electron chi connectivity index (χ3n) is 10.4. The van der Waals surface area contributed by atoms with Gasteiger partial charge in [-0.1, -0.05) is 182 Å². The van der Waals surface area contributed by atoms with Crippen LogP contribution < -0.4 is 0 Å². The average molecular weight is 633 g/mol. The molecule has 0 saturated carbocycles. The van der Waals surface area contributed by atoms with Gasteiger partial charge in [-0.2, -0.15) is 0 Å². The van der Waals surface area contributed by atoms with Gasteiger partial charge in [0, 0.05) is 0 Å². The highest BCUT2D eigenvalue weighted by Gasteiger charge is 2.20. The number of fused-ring (bicyclic) bond motifs is 6. The predicted molar refractivity (Wildman–Crippen MR) is 216 cm³/mol. The molecule has 10 aromatic carbocycles. The van der Waals surface area contributed by atoms with Gasteiger partial charge in [0.15, 0.2) is 0 Å². The Morgan fingerprint density at radius 2 is 0.700 bits per heavy atom. The molecule has 0 aliphatic carbocycles. The Morgan fingerprint density at radius 3 is 1.38 bits per heavy atom. The van der Waals surface area contributed by atoms with Gasteiger partial charge in [-0.15, -0.1) is 0 Å². The van der Waals surface area contributed by atoms with E-state index in [1.807, 2.05) is 0 Å². The molecule has 0 amide bonds. The van der Waals surface area contributed by atoms with Crippen molar-refractivity contribution in [2.75, 3.05) is 0 Å².